The van der Waals surface area contributed by atoms with Crippen LogP contribution in [0.25, 0.3) is 11.1 Å². The fourth-order valence-corrected chi connectivity index (χ4v) is 4.68. The molecule has 5 rings (SSSR count). The number of fused-ring (bicyclic) bond motifs is 1. The number of halogens is 4. The van der Waals surface area contributed by atoms with Crippen LogP contribution in [-0.4, -0.2) is 34.4 Å². The van der Waals surface area contributed by atoms with Crippen molar-refractivity contribution in [1.29, 1.82) is 0 Å². The molecular weight excluding hydrogens is 498 g/mol. The van der Waals surface area contributed by atoms with Gasteiger partial charge in [0.05, 0.1) is 18.2 Å². The first kappa shape index (κ1) is 25.4. The van der Waals surface area contributed by atoms with Crippen molar-refractivity contribution in [3.63, 3.8) is 0 Å². The fourth-order valence-electron chi connectivity index (χ4n) is 4.68. The Morgan fingerprint density at radius 2 is 1.74 bits per heavy atom. The summed E-state index contributed by atoms with van der Waals surface area (Å²) in [5.74, 6) is -0.331. The number of methoxy groups -OCH3 is 1. The largest absolute Gasteiger partial charge is 0.497 e. The second kappa shape index (κ2) is 10.2. The summed E-state index contributed by atoms with van der Waals surface area (Å²) >= 11 is 0. The maximum absolute atomic E-state index is 13.9. The quantitative estimate of drug-likeness (QED) is 0.288. The van der Waals surface area contributed by atoms with E-state index in [9.17, 15) is 22.4 Å². The van der Waals surface area contributed by atoms with E-state index in [0.717, 1.165) is 40.1 Å². The number of ether oxygens (including phenoxy) is 1. The number of carbonyl (C=O) groups excluding carboxylic acids is 1. The normalized spacial score (nSPS) is 13.4. The molecule has 0 saturated heterocycles. The first-order chi connectivity index (χ1) is 18.2. The molecule has 0 fully saturated rings. The molecule has 1 aliphatic rings. The molecule has 2 aromatic carbocycles. The van der Waals surface area contributed by atoms with Gasteiger partial charge in [0.25, 0.3) is 5.91 Å². The number of rotatable bonds is 6. The summed E-state index contributed by atoms with van der Waals surface area (Å²) < 4.78 is 58.4. The highest BCUT2D eigenvalue weighted by Crippen LogP contribution is 2.32. The number of hydrogen-bond donors (Lipinski definition) is 0. The van der Waals surface area contributed by atoms with Crippen molar-refractivity contribution in [3.8, 4) is 16.9 Å². The summed E-state index contributed by atoms with van der Waals surface area (Å²) in [7, 11) is 1.60. The van der Waals surface area contributed by atoms with E-state index in [1.807, 2.05) is 24.3 Å². The summed E-state index contributed by atoms with van der Waals surface area (Å²) in [6.07, 6.45) is 0.782. The molecule has 0 atom stereocenters. The molecular formula is C29H23F4N3O2. The Kier molecular flexibility index (Phi) is 6.84. The zero-order chi connectivity index (χ0) is 26.9. The molecule has 0 unspecified atom stereocenters. The molecule has 3 heterocycles. The molecule has 0 spiro atoms. The van der Waals surface area contributed by atoms with Crippen LogP contribution < -0.4 is 4.74 Å². The van der Waals surface area contributed by atoms with E-state index >= 15 is 0 Å². The zero-order valence-electron chi connectivity index (χ0n) is 20.4. The third kappa shape index (κ3) is 5.37. The third-order valence-corrected chi connectivity index (χ3v) is 6.54. The molecule has 5 nitrogen and oxygen atoms in total. The molecule has 2 aromatic heterocycles. The highest BCUT2D eigenvalue weighted by Gasteiger charge is 2.31. The molecule has 0 bridgehead atoms. The van der Waals surface area contributed by atoms with E-state index in [-0.39, 0.29) is 17.9 Å². The van der Waals surface area contributed by atoms with E-state index in [1.165, 1.54) is 0 Å². The predicted molar refractivity (Wildman–Crippen MR) is 133 cm³/mol. The molecule has 38 heavy (non-hydrogen) atoms. The summed E-state index contributed by atoms with van der Waals surface area (Å²) in [5, 5.41) is 0. The van der Waals surface area contributed by atoms with Gasteiger partial charge in [-0.05, 0) is 71.1 Å². The number of benzene rings is 2. The summed E-state index contributed by atoms with van der Waals surface area (Å²) in [4.78, 5) is 23.6. The van der Waals surface area contributed by atoms with Crippen molar-refractivity contribution in [1.82, 2.24) is 14.9 Å². The number of hydrogen-bond acceptors (Lipinski definition) is 4. The Morgan fingerprint density at radius 1 is 0.974 bits per heavy atom. The van der Waals surface area contributed by atoms with Crippen LogP contribution in [0.1, 0.15) is 38.3 Å². The van der Waals surface area contributed by atoms with Crippen molar-refractivity contribution in [2.24, 2.45) is 0 Å². The smallest absolute Gasteiger partial charge is 0.416 e. The number of nitrogens with zero attached hydrogens (tertiary/aromatic N) is 3. The molecule has 0 N–H and O–H groups in total. The van der Waals surface area contributed by atoms with Crippen LogP contribution >= 0.6 is 0 Å². The average molecular weight is 522 g/mol. The molecule has 4 aromatic rings. The highest BCUT2D eigenvalue weighted by molar-refractivity contribution is 5.98. The lowest BCUT2D eigenvalue weighted by Crippen LogP contribution is -2.37. The Bertz CT molecular complexity index is 1490. The Morgan fingerprint density at radius 3 is 2.47 bits per heavy atom. The Balaban J connectivity index is 1.39. The molecule has 0 saturated carbocycles. The van der Waals surface area contributed by atoms with Crippen molar-refractivity contribution in [2.75, 3.05) is 13.7 Å². The number of pyridine rings is 2. The van der Waals surface area contributed by atoms with Crippen molar-refractivity contribution in [2.45, 2.75) is 25.6 Å². The van der Waals surface area contributed by atoms with Crippen LogP contribution in [0.2, 0.25) is 0 Å². The summed E-state index contributed by atoms with van der Waals surface area (Å²) in [6, 6.07) is 13.5. The van der Waals surface area contributed by atoms with Gasteiger partial charge in [0, 0.05) is 49.4 Å². The Hall–Kier alpha value is -4.27. The monoisotopic (exact) mass is 521 g/mol. The number of amides is 1. The average Bonchev–Trinajstić information content (AvgIpc) is 2.90. The van der Waals surface area contributed by atoms with Gasteiger partial charge in [0.2, 0.25) is 0 Å². The zero-order valence-corrected chi connectivity index (χ0v) is 20.4. The first-order valence-corrected chi connectivity index (χ1v) is 11.9. The lowest BCUT2D eigenvalue weighted by atomic mass is 9.92. The molecule has 1 amide bonds. The SMILES string of the molecule is COc1ccc(CN2CCc3c(cncc3-c3ccnc(Cc4cc(F)cc(C(F)(F)F)c4)c3)C2=O)cc1. The van der Waals surface area contributed by atoms with Gasteiger partial charge < -0.3 is 9.64 Å². The minimum absolute atomic E-state index is 0.0195. The van der Waals surface area contributed by atoms with Crippen LogP contribution in [0.15, 0.2) is 73.2 Å². The number of carbonyl (C=O) groups is 1. The van der Waals surface area contributed by atoms with Gasteiger partial charge in [-0.1, -0.05) is 12.1 Å². The maximum Gasteiger partial charge on any atom is 0.416 e. The van der Waals surface area contributed by atoms with E-state index in [0.29, 0.717) is 36.8 Å². The van der Waals surface area contributed by atoms with E-state index < -0.39 is 17.6 Å². The number of aromatic nitrogens is 2. The third-order valence-electron chi connectivity index (χ3n) is 6.54. The van der Waals surface area contributed by atoms with Gasteiger partial charge >= 0.3 is 6.18 Å². The minimum atomic E-state index is -4.64. The maximum atomic E-state index is 13.9. The van der Waals surface area contributed by atoms with Gasteiger partial charge in [-0.2, -0.15) is 13.2 Å². The highest BCUT2D eigenvalue weighted by atomic mass is 19.4. The van der Waals surface area contributed by atoms with E-state index in [4.69, 9.17) is 4.74 Å². The standard InChI is InChI=1S/C29H23F4N3O2/c1-38-24-4-2-18(3-5-24)17-36-9-7-25-26(15-34-16-27(25)28(36)37)20-6-8-35-23(13-20)12-19-10-21(29(31,32)33)14-22(30)11-19/h2-6,8,10-11,13-16H,7,9,12,17H2,1H3. The lowest BCUT2D eigenvalue weighted by Gasteiger charge is -2.29. The van der Waals surface area contributed by atoms with E-state index in [2.05, 4.69) is 9.97 Å². The lowest BCUT2D eigenvalue weighted by molar-refractivity contribution is -0.137. The van der Waals surface area contributed by atoms with Gasteiger partial charge in [-0.25, -0.2) is 4.39 Å². The van der Waals surface area contributed by atoms with Crippen molar-refractivity contribution in [3.05, 3.63) is 113 Å². The molecule has 1 aliphatic heterocycles. The minimum Gasteiger partial charge on any atom is -0.497 e. The van der Waals surface area contributed by atoms with Crippen LogP contribution in [0, 0.1) is 5.82 Å². The van der Waals surface area contributed by atoms with Gasteiger partial charge in [-0.3, -0.25) is 14.8 Å². The second-order valence-corrected chi connectivity index (χ2v) is 9.10. The first-order valence-electron chi connectivity index (χ1n) is 11.9. The van der Waals surface area contributed by atoms with Crippen molar-refractivity contribution >= 4 is 5.91 Å². The van der Waals surface area contributed by atoms with Crippen LogP contribution in [0.5, 0.6) is 5.75 Å². The molecule has 194 valence electrons. The van der Waals surface area contributed by atoms with Crippen LogP contribution in [0.4, 0.5) is 17.6 Å². The van der Waals surface area contributed by atoms with Gasteiger partial charge in [0.15, 0.2) is 0 Å². The molecule has 0 aliphatic carbocycles. The predicted octanol–water partition coefficient (Wildman–Crippen LogP) is 6.10. The van der Waals surface area contributed by atoms with E-state index in [1.54, 1.807) is 42.7 Å². The van der Waals surface area contributed by atoms with Crippen LogP contribution in [0.3, 0.4) is 0 Å². The summed E-state index contributed by atoms with van der Waals surface area (Å²) in [5.41, 5.74) is 3.46. The van der Waals surface area contributed by atoms with Gasteiger partial charge in [-0.15, -0.1) is 0 Å². The summed E-state index contributed by atoms with van der Waals surface area (Å²) in [6.45, 7) is 0.982. The Labute approximate surface area is 216 Å². The number of alkyl halides is 3. The van der Waals surface area contributed by atoms with Crippen LogP contribution in [-0.2, 0) is 25.6 Å². The molecule has 0 radical (unpaired) electrons. The topological polar surface area (TPSA) is 55.3 Å². The molecule has 9 heteroatoms. The van der Waals surface area contributed by atoms with Gasteiger partial charge in [0.1, 0.15) is 11.6 Å². The second-order valence-electron chi connectivity index (χ2n) is 9.10. The van der Waals surface area contributed by atoms with Crippen molar-refractivity contribution < 1.29 is 27.1 Å². The fraction of sp³-hybridized carbons (Fsp3) is 0.207.